The Morgan fingerprint density at radius 1 is 1.00 bits per heavy atom. The highest BCUT2D eigenvalue weighted by molar-refractivity contribution is 5.84. The van der Waals surface area contributed by atoms with Crippen LogP contribution >= 0.6 is 0 Å². The Morgan fingerprint density at radius 3 is 2.57 bits per heavy atom. The van der Waals surface area contributed by atoms with Gasteiger partial charge in [-0.1, -0.05) is 20.3 Å². The number of Topliss-reactive ketones (excluding diaryl/α,β-unsaturated/α-hetero) is 1. The van der Waals surface area contributed by atoms with Gasteiger partial charge in [0.2, 0.25) is 0 Å². The molecule has 4 N–H and O–H groups in total. The van der Waals surface area contributed by atoms with Gasteiger partial charge in [0.25, 0.3) is 0 Å². The van der Waals surface area contributed by atoms with Gasteiger partial charge in [-0.3, -0.25) is 4.79 Å². The van der Waals surface area contributed by atoms with Crippen molar-refractivity contribution in [2.75, 3.05) is 6.61 Å². The highest BCUT2D eigenvalue weighted by atomic mass is 16.5. The van der Waals surface area contributed by atoms with Gasteiger partial charge < -0.3 is 16.2 Å². The number of carbonyl (C=O) groups excluding carboxylic acids is 1. The molecule has 4 heteroatoms. The van der Waals surface area contributed by atoms with E-state index >= 15 is 0 Å². The van der Waals surface area contributed by atoms with E-state index in [1.807, 2.05) is 0 Å². The van der Waals surface area contributed by atoms with Gasteiger partial charge in [-0.15, -0.1) is 0 Å². The molecule has 5 rings (SSSR count). The van der Waals surface area contributed by atoms with Crippen LogP contribution in [0.2, 0.25) is 0 Å². The normalized spacial score (nSPS) is 49.7. The van der Waals surface area contributed by atoms with E-state index in [-0.39, 0.29) is 23.7 Å². The van der Waals surface area contributed by atoms with Crippen LogP contribution in [-0.2, 0) is 9.53 Å². The summed E-state index contributed by atoms with van der Waals surface area (Å²) in [5, 5.41) is 0. The zero-order valence-electron chi connectivity index (χ0n) is 18.8. The maximum absolute atomic E-state index is 13.3. The van der Waals surface area contributed by atoms with Crippen LogP contribution in [0.4, 0.5) is 0 Å². The third-order valence-electron chi connectivity index (χ3n) is 10.2. The first-order chi connectivity index (χ1) is 14.5. The summed E-state index contributed by atoms with van der Waals surface area (Å²) in [6.45, 7) is 5.04. The second kappa shape index (κ2) is 7.60. The lowest BCUT2D eigenvalue weighted by Crippen LogP contribution is -2.51. The quantitative estimate of drug-likeness (QED) is 0.511. The number of fused-ring (bicyclic) bond motifs is 7. The summed E-state index contributed by atoms with van der Waals surface area (Å²) in [5.74, 6) is 7.80. The minimum absolute atomic E-state index is 0.125. The third kappa shape index (κ3) is 3.12. The molecule has 0 aliphatic heterocycles. The molecular weight excluding hydrogens is 372 g/mol. The zero-order valence-corrected chi connectivity index (χ0v) is 18.8. The molecule has 5 aliphatic rings. The van der Waals surface area contributed by atoms with Crippen molar-refractivity contribution < 1.29 is 9.53 Å². The highest BCUT2D eigenvalue weighted by Crippen LogP contribution is 2.74. The van der Waals surface area contributed by atoms with E-state index in [9.17, 15) is 4.79 Å². The average Bonchev–Trinajstić information content (AvgIpc) is 3.44. The molecule has 0 radical (unpaired) electrons. The van der Waals surface area contributed by atoms with Crippen LogP contribution in [-0.4, -0.2) is 12.4 Å². The lowest BCUT2D eigenvalue weighted by molar-refractivity contribution is -0.136. The van der Waals surface area contributed by atoms with Crippen LogP contribution in [0, 0.1) is 58.7 Å². The van der Waals surface area contributed by atoms with Crippen molar-refractivity contribution in [3.8, 4) is 0 Å². The molecule has 5 fully saturated rings. The molecule has 10 atom stereocenters. The molecule has 0 aromatic heterocycles. The van der Waals surface area contributed by atoms with E-state index in [4.69, 9.17) is 16.2 Å². The predicted octanol–water partition coefficient (Wildman–Crippen LogP) is 4.61. The maximum Gasteiger partial charge on any atom is 0.174 e. The van der Waals surface area contributed by atoms with Crippen molar-refractivity contribution >= 4 is 5.78 Å². The van der Waals surface area contributed by atoms with Crippen LogP contribution < -0.4 is 11.5 Å². The fraction of sp³-hybridized carbons (Fsp3) is 0.808. The van der Waals surface area contributed by atoms with Gasteiger partial charge in [-0.05, 0) is 110 Å². The van der Waals surface area contributed by atoms with Gasteiger partial charge in [0.1, 0.15) is 12.4 Å². The van der Waals surface area contributed by atoms with Crippen LogP contribution in [0.25, 0.3) is 0 Å². The Morgan fingerprint density at radius 2 is 1.80 bits per heavy atom. The molecular formula is C26H40N2O2. The SMILES string of the molecule is CC1CCC2C(CCC3C2CCC2(C)C(C(=O)COC(/C=C\N)=C/N)C4CC4C32)C1. The molecule has 5 saturated carbocycles. The van der Waals surface area contributed by atoms with Crippen LogP contribution in [0.3, 0.4) is 0 Å². The molecule has 0 aromatic carbocycles. The number of carbonyl (C=O) groups is 1. The van der Waals surface area contributed by atoms with E-state index in [0.29, 0.717) is 11.7 Å². The Bertz CT molecular complexity index is 745. The summed E-state index contributed by atoms with van der Waals surface area (Å²) in [6.07, 6.45) is 15.5. The smallest absolute Gasteiger partial charge is 0.174 e. The molecule has 0 saturated heterocycles. The molecule has 0 aromatic rings. The molecule has 0 bridgehead atoms. The van der Waals surface area contributed by atoms with Crippen molar-refractivity contribution in [2.45, 2.75) is 65.2 Å². The summed E-state index contributed by atoms with van der Waals surface area (Å²) >= 11 is 0. The number of hydrogen-bond acceptors (Lipinski definition) is 4. The minimum Gasteiger partial charge on any atom is -0.484 e. The number of allylic oxidation sites excluding steroid dienone is 1. The Labute approximate surface area is 181 Å². The molecule has 10 unspecified atom stereocenters. The van der Waals surface area contributed by atoms with Gasteiger partial charge >= 0.3 is 0 Å². The first-order valence-electron chi connectivity index (χ1n) is 12.4. The second-order valence-electron chi connectivity index (χ2n) is 11.5. The monoisotopic (exact) mass is 412 g/mol. The van der Waals surface area contributed by atoms with Crippen molar-refractivity contribution in [3.63, 3.8) is 0 Å². The van der Waals surface area contributed by atoms with Crippen molar-refractivity contribution in [2.24, 2.45) is 70.1 Å². The number of rotatable bonds is 5. The van der Waals surface area contributed by atoms with Gasteiger partial charge in [0.05, 0.1) is 0 Å². The number of ketones is 1. The Balaban J connectivity index is 1.31. The summed E-state index contributed by atoms with van der Waals surface area (Å²) in [7, 11) is 0. The topological polar surface area (TPSA) is 78.3 Å². The first-order valence-corrected chi connectivity index (χ1v) is 12.4. The summed E-state index contributed by atoms with van der Waals surface area (Å²) in [6, 6.07) is 0. The fourth-order valence-corrected chi connectivity index (χ4v) is 9.15. The molecule has 30 heavy (non-hydrogen) atoms. The molecule has 0 heterocycles. The van der Waals surface area contributed by atoms with Crippen LogP contribution in [0.1, 0.15) is 65.2 Å². The molecule has 4 nitrogen and oxygen atoms in total. The number of hydrogen-bond donors (Lipinski definition) is 2. The third-order valence-corrected chi connectivity index (χ3v) is 10.2. The highest BCUT2D eigenvalue weighted by Gasteiger charge is 2.70. The van der Waals surface area contributed by atoms with E-state index in [1.54, 1.807) is 6.08 Å². The van der Waals surface area contributed by atoms with Gasteiger partial charge in [-0.25, -0.2) is 0 Å². The van der Waals surface area contributed by atoms with Crippen LogP contribution in [0.5, 0.6) is 0 Å². The Kier molecular flexibility index (Phi) is 5.18. The lowest BCUT2D eigenvalue weighted by atomic mass is 9.48. The van der Waals surface area contributed by atoms with Crippen molar-refractivity contribution in [3.05, 3.63) is 24.2 Å². The van der Waals surface area contributed by atoms with E-state index in [2.05, 4.69) is 13.8 Å². The van der Waals surface area contributed by atoms with Crippen LogP contribution in [0.15, 0.2) is 24.2 Å². The maximum atomic E-state index is 13.3. The standard InChI is InChI=1S/C26H40N2O2/c1-15-3-5-18-16(11-15)4-6-20-19(18)7-9-26(2)24(20)21-12-22(21)25(26)23(29)14-30-17(13-28)8-10-27/h8,10,13,15-16,18-22,24-25H,3-7,9,11-12,14,27-28H2,1-2H3/b10-8-,17-13+. The van der Waals surface area contributed by atoms with Crippen molar-refractivity contribution in [1.29, 1.82) is 0 Å². The van der Waals surface area contributed by atoms with E-state index in [0.717, 1.165) is 41.4 Å². The Hall–Kier alpha value is -1.45. The fourth-order valence-electron chi connectivity index (χ4n) is 9.15. The zero-order chi connectivity index (χ0) is 21.0. The van der Waals surface area contributed by atoms with Gasteiger partial charge in [0.15, 0.2) is 5.78 Å². The molecule has 0 spiro atoms. The first kappa shape index (κ1) is 20.5. The van der Waals surface area contributed by atoms with Gasteiger partial charge in [-0.2, -0.15) is 0 Å². The lowest BCUT2D eigenvalue weighted by Gasteiger charge is -2.57. The number of ether oxygens (including phenoxy) is 1. The second-order valence-corrected chi connectivity index (χ2v) is 11.5. The predicted molar refractivity (Wildman–Crippen MR) is 119 cm³/mol. The molecule has 0 amide bonds. The summed E-state index contributed by atoms with van der Waals surface area (Å²) in [5.41, 5.74) is 11.2. The number of nitrogens with two attached hydrogens (primary N) is 2. The van der Waals surface area contributed by atoms with E-state index < -0.39 is 0 Å². The average molecular weight is 413 g/mol. The molecule has 5 aliphatic carbocycles. The van der Waals surface area contributed by atoms with E-state index in [1.165, 1.54) is 63.8 Å². The molecule has 166 valence electrons. The van der Waals surface area contributed by atoms with Crippen molar-refractivity contribution in [1.82, 2.24) is 0 Å². The summed E-state index contributed by atoms with van der Waals surface area (Å²) < 4.78 is 5.70. The largest absolute Gasteiger partial charge is 0.484 e. The van der Waals surface area contributed by atoms with Gasteiger partial charge in [0, 0.05) is 12.1 Å². The summed E-state index contributed by atoms with van der Waals surface area (Å²) in [4.78, 5) is 13.3. The minimum atomic E-state index is 0.125.